The summed E-state index contributed by atoms with van der Waals surface area (Å²) < 4.78 is 5.77. The van der Waals surface area contributed by atoms with Gasteiger partial charge in [-0.3, -0.25) is 0 Å². The van der Waals surface area contributed by atoms with E-state index >= 15 is 0 Å². The number of aromatic nitrogens is 1. The zero-order chi connectivity index (χ0) is 11.2. The van der Waals surface area contributed by atoms with Gasteiger partial charge in [0.05, 0.1) is 10.4 Å². The van der Waals surface area contributed by atoms with E-state index in [-0.39, 0.29) is 0 Å². The summed E-state index contributed by atoms with van der Waals surface area (Å²) in [5.41, 5.74) is 1.18. The second-order valence-electron chi connectivity index (χ2n) is 3.50. The zero-order valence-corrected chi connectivity index (χ0v) is 11.0. The molecule has 0 unspecified atom stereocenters. The van der Waals surface area contributed by atoms with E-state index in [1.807, 2.05) is 11.8 Å². The molecule has 0 aliphatic rings. The monoisotopic (exact) mass is 252 g/mol. The first-order valence-corrected chi connectivity index (χ1v) is 7.46. The number of hydrogen-bond acceptors (Lipinski definition) is 4. The SMILES string of the molecule is CCSCCNCc1nsc2ccccc12. The van der Waals surface area contributed by atoms with Gasteiger partial charge in [-0.2, -0.15) is 16.1 Å². The lowest BCUT2D eigenvalue weighted by Crippen LogP contribution is -2.16. The minimum absolute atomic E-state index is 0.883. The maximum absolute atomic E-state index is 4.49. The van der Waals surface area contributed by atoms with E-state index in [9.17, 15) is 0 Å². The van der Waals surface area contributed by atoms with E-state index in [0.29, 0.717) is 0 Å². The van der Waals surface area contributed by atoms with Crippen molar-refractivity contribution < 1.29 is 0 Å². The molecule has 2 nitrogen and oxygen atoms in total. The molecule has 0 aliphatic carbocycles. The van der Waals surface area contributed by atoms with Gasteiger partial charge < -0.3 is 5.32 Å². The van der Waals surface area contributed by atoms with Crippen LogP contribution in [0.1, 0.15) is 12.6 Å². The molecule has 4 heteroatoms. The zero-order valence-electron chi connectivity index (χ0n) is 9.40. The third kappa shape index (κ3) is 2.97. The smallest absolute Gasteiger partial charge is 0.0758 e. The van der Waals surface area contributed by atoms with Crippen molar-refractivity contribution in [2.45, 2.75) is 13.5 Å². The highest BCUT2D eigenvalue weighted by Crippen LogP contribution is 2.21. The number of hydrogen-bond donors (Lipinski definition) is 1. The Morgan fingerprint density at radius 3 is 3.12 bits per heavy atom. The number of nitrogens with one attached hydrogen (secondary N) is 1. The molecule has 16 heavy (non-hydrogen) atoms. The maximum Gasteiger partial charge on any atom is 0.0758 e. The lowest BCUT2D eigenvalue weighted by Gasteiger charge is -2.01. The highest BCUT2D eigenvalue weighted by molar-refractivity contribution is 7.99. The molecule has 0 amide bonds. The summed E-state index contributed by atoms with van der Waals surface area (Å²) in [4.78, 5) is 0. The summed E-state index contributed by atoms with van der Waals surface area (Å²) in [7, 11) is 0. The van der Waals surface area contributed by atoms with Crippen LogP contribution >= 0.6 is 23.3 Å². The van der Waals surface area contributed by atoms with Crippen molar-refractivity contribution in [3.8, 4) is 0 Å². The summed E-state index contributed by atoms with van der Waals surface area (Å²) in [6, 6.07) is 8.42. The minimum Gasteiger partial charge on any atom is -0.310 e. The predicted octanol–water partition coefficient (Wildman–Crippen LogP) is 3.14. The first-order chi connectivity index (χ1) is 7.92. The molecule has 2 aromatic rings. The topological polar surface area (TPSA) is 24.9 Å². The summed E-state index contributed by atoms with van der Waals surface area (Å²) >= 11 is 3.56. The number of fused-ring (bicyclic) bond motifs is 1. The van der Waals surface area contributed by atoms with Crippen molar-refractivity contribution in [3.63, 3.8) is 0 Å². The van der Waals surface area contributed by atoms with Gasteiger partial charge in [-0.15, -0.1) is 0 Å². The summed E-state index contributed by atoms with van der Waals surface area (Å²) in [6.07, 6.45) is 0. The second kappa shape index (κ2) is 6.23. The number of thioether (sulfide) groups is 1. The molecular formula is C12H16N2S2. The van der Waals surface area contributed by atoms with Crippen LogP contribution in [-0.2, 0) is 6.54 Å². The van der Waals surface area contributed by atoms with Gasteiger partial charge in [-0.25, -0.2) is 0 Å². The van der Waals surface area contributed by atoms with Crippen molar-refractivity contribution in [3.05, 3.63) is 30.0 Å². The fourth-order valence-corrected chi connectivity index (χ4v) is 2.93. The molecule has 0 spiro atoms. The molecule has 1 heterocycles. The van der Waals surface area contributed by atoms with Gasteiger partial charge in [0.25, 0.3) is 0 Å². The molecule has 0 atom stereocenters. The van der Waals surface area contributed by atoms with E-state index in [1.54, 1.807) is 11.5 Å². The van der Waals surface area contributed by atoms with Crippen LogP contribution in [0, 0.1) is 0 Å². The lowest BCUT2D eigenvalue weighted by atomic mass is 10.2. The Morgan fingerprint density at radius 1 is 1.38 bits per heavy atom. The quantitative estimate of drug-likeness (QED) is 0.800. The third-order valence-corrected chi connectivity index (χ3v) is 4.14. The van der Waals surface area contributed by atoms with Gasteiger partial charge in [0.1, 0.15) is 0 Å². The fraction of sp³-hybridized carbons (Fsp3) is 0.417. The third-order valence-electron chi connectivity index (χ3n) is 2.37. The Bertz CT molecular complexity index is 439. The molecule has 0 fully saturated rings. The molecule has 0 saturated heterocycles. The van der Waals surface area contributed by atoms with Crippen LogP contribution in [0.5, 0.6) is 0 Å². The van der Waals surface area contributed by atoms with Crippen LogP contribution in [0.2, 0.25) is 0 Å². The molecule has 0 radical (unpaired) electrons. The van der Waals surface area contributed by atoms with Crippen LogP contribution in [-0.4, -0.2) is 22.4 Å². The van der Waals surface area contributed by atoms with E-state index in [1.165, 1.54) is 27.3 Å². The van der Waals surface area contributed by atoms with Crippen LogP contribution in [0.25, 0.3) is 10.1 Å². The number of benzene rings is 1. The van der Waals surface area contributed by atoms with Gasteiger partial charge in [0.2, 0.25) is 0 Å². The van der Waals surface area contributed by atoms with Crippen molar-refractivity contribution in [1.82, 2.24) is 9.69 Å². The van der Waals surface area contributed by atoms with Crippen molar-refractivity contribution in [2.24, 2.45) is 0 Å². The molecule has 1 aromatic heterocycles. The van der Waals surface area contributed by atoms with Crippen molar-refractivity contribution in [1.29, 1.82) is 0 Å². The molecule has 86 valence electrons. The molecular weight excluding hydrogens is 236 g/mol. The maximum atomic E-state index is 4.49. The van der Waals surface area contributed by atoms with Gasteiger partial charge in [0, 0.05) is 24.2 Å². The molecule has 0 saturated carbocycles. The average molecular weight is 252 g/mol. The Labute approximate surface area is 105 Å². The van der Waals surface area contributed by atoms with Gasteiger partial charge in [-0.1, -0.05) is 25.1 Å². The molecule has 1 N–H and O–H groups in total. The summed E-state index contributed by atoms with van der Waals surface area (Å²) in [5, 5.41) is 4.73. The predicted molar refractivity (Wildman–Crippen MR) is 74.3 cm³/mol. The van der Waals surface area contributed by atoms with E-state index in [4.69, 9.17) is 0 Å². The van der Waals surface area contributed by atoms with Crippen LogP contribution in [0.4, 0.5) is 0 Å². The normalized spacial score (nSPS) is 11.1. The van der Waals surface area contributed by atoms with Crippen LogP contribution in [0.15, 0.2) is 24.3 Å². The summed E-state index contributed by atoms with van der Waals surface area (Å²) in [6.45, 7) is 4.14. The van der Waals surface area contributed by atoms with Crippen molar-refractivity contribution >= 4 is 33.4 Å². The number of nitrogens with zero attached hydrogens (tertiary/aromatic N) is 1. The summed E-state index contributed by atoms with van der Waals surface area (Å²) in [5.74, 6) is 2.37. The van der Waals surface area contributed by atoms with E-state index in [2.05, 4.69) is 40.9 Å². The Kier molecular flexibility index (Phi) is 4.63. The fourth-order valence-electron chi connectivity index (χ4n) is 1.56. The van der Waals surface area contributed by atoms with Gasteiger partial charge in [-0.05, 0) is 23.4 Å². The Hall–Kier alpha value is -0.580. The minimum atomic E-state index is 0.883. The first kappa shape index (κ1) is 11.9. The molecule has 2 rings (SSSR count). The average Bonchev–Trinajstić information content (AvgIpc) is 2.73. The Balaban J connectivity index is 1.89. The van der Waals surface area contributed by atoms with E-state index < -0.39 is 0 Å². The van der Waals surface area contributed by atoms with Crippen molar-refractivity contribution in [2.75, 3.05) is 18.1 Å². The van der Waals surface area contributed by atoms with Gasteiger partial charge >= 0.3 is 0 Å². The second-order valence-corrected chi connectivity index (χ2v) is 5.70. The van der Waals surface area contributed by atoms with E-state index in [0.717, 1.165) is 13.1 Å². The largest absolute Gasteiger partial charge is 0.310 e. The van der Waals surface area contributed by atoms with Crippen LogP contribution in [0.3, 0.4) is 0 Å². The lowest BCUT2D eigenvalue weighted by molar-refractivity contribution is 0.725. The molecule has 0 bridgehead atoms. The standard InChI is InChI=1S/C12H16N2S2/c1-2-15-8-7-13-9-11-10-5-3-4-6-12(10)16-14-11/h3-6,13H,2,7-9H2,1H3. The highest BCUT2D eigenvalue weighted by atomic mass is 32.2. The molecule has 0 aliphatic heterocycles. The molecule has 1 aromatic carbocycles. The van der Waals surface area contributed by atoms with Crippen LogP contribution < -0.4 is 5.32 Å². The van der Waals surface area contributed by atoms with Gasteiger partial charge in [0.15, 0.2) is 0 Å². The number of rotatable bonds is 6. The Morgan fingerprint density at radius 2 is 2.25 bits per heavy atom. The highest BCUT2D eigenvalue weighted by Gasteiger charge is 2.03. The first-order valence-electron chi connectivity index (χ1n) is 5.53.